The van der Waals surface area contributed by atoms with E-state index in [0.717, 1.165) is 67.8 Å². The highest BCUT2D eigenvalue weighted by Gasteiger charge is 2.50. The number of hydrogen-bond acceptors (Lipinski definition) is 11. The predicted molar refractivity (Wildman–Crippen MR) is 203 cm³/mol. The van der Waals surface area contributed by atoms with Gasteiger partial charge in [0.05, 0.1) is 29.6 Å². The van der Waals surface area contributed by atoms with Gasteiger partial charge in [0, 0.05) is 38.0 Å². The minimum absolute atomic E-state index is 0.0461. The van der Waals surface area contributed by atoms with Crippen molar-refractivity contribution < 1.29 is 33.2 Å². The maximum atomic E-state index is 17.4. The number of rotatable bonds is 10. The number of anilines is 1. The van der Waals surface area contributed by atoms with E-state index in [-0.39, 0.29) is 60.4 Å². The largest absolute Gasteiger partial charge is 0.468 e. The zero-order valence-corrected chi connectivity index (χ0v) is 31.9. The van der Waals surface area contributed by atoms with Gasteiger partial charge in [-0.25, -0.2) is 9.18 Å². The maximum Gasteiger partial charge on any atom is 0.410 e. The summed E-state index contributed by atoms with van der Waals surface area (Å²) in [6, 6.07) is 9.82. The van der Waals surface area contributed by atoms with Crippen LogP contribution in [0.4, 0.5) is 15.0 Å². The average Bonchev–Trinajstić information content (AvgIpc) is 3.81. The van der Waals surface area contributed by atoms with Crippen molar-refractivity contribution in [3.63, 3.8) is 0 Å². The Kier molecular flexibility index (Phi) is 9.76. The Labute approximate surface area is 315 Å². The third-order valence-corrected chi connectivity index (χ3v) is 11.8. The second-order valence-electron chi connectivity index (χ2n) is 16.3. The summed E-state index contributed by atoms with van der Waals surface area (Å²) in [5.74, 6) is 0.498. The molecule has 4 fully saturated rings. The van der Waals surface area contributed by atoms with E-state index in [2.05, 4.69) is 16.7 Å². The molecule has 0 radical (unpaired) electrons. The minimum atomic E-state index is -0.604. The van der Waals surface area contributed by atoms with Gasteiger partial charge in [0.2, 0.25) is 0 Å². The molecule has 4 aliphatic heterocycles. The smallest absolute Gasteiger partial charge is 0.410 e. The van der Waals surface area contributed by atoms with Gasteiger partial charge in [0.25, 0.3) is 0 Å². The molecule has 4 aromatic rings. The number of halogens is 1. The van der Waals surface area contributed by atoms with Crippen LogP contribution in [0.5, 0.6) is 11.8 Å². The number of benzene rings is 2. The molecule has 4 saturated heterocycles. The summed E-state index contributed by atoms with van der Waals surface area (Å²) in [6.45, 7) is 10.1. The fourth-order valence-corrected chi connectivity index (χ4v) is 9.38. The van der Waals surface area contributed by atoms with E-state index in [4.69, 9.17) is 33.9 Å². The summed E-state index contributed by atoms with van der Waals surface area (Å²) in [6.07, 6.45) is 7.57. The summed E-state index contributed by atoms with van der Waals surface area (Å²) in [5.41, 5.74) is 1.11. The van der Waals surface area contributed by atoms with Gasteiger partial charge < -0.3 is 29.0 Å². The predicted octanol–water partition coefficient (Wildman–Crippen LogP) is 6.49. The van der Waals surface area contributed by atoms with Gasteiger partial charge in [-0.3, -0.25) is 14.8 Å². The molecule has 2 aromatic carbocycles. The summed E-state index contributed by atoms with van der Waals surface area (Å²) < 4.78 is 40.7. The Balaban J connectivity index is 1.22. The van der Waals surface area contributed by atoms with Crippen LogP contribution in [0.3, 0.4) is 0 Å². The number of aliphatic hydroxyl groups excluding tert-OH is 1. The monoisotopic (exact) mass is 742 g/mol. The Morgan fingerprint density at radius 2 is 1.87 bits per heavy atom. The molecule has 288 valence electrons. The van der Waals surface area contributed by atoms with Gasteiger partial charge >= 0.3 is 12.1 Å². The first kappa shape index (κ1) is 36.6. The van der Waals surface area contributed by atoms with Crippen molar-refractivity contribution in [1.29, 1.82) is 0 Å². The number of hydrogen-bond donors (Lipinski definition) is 1. The van der Waals surface area contributed by atoms with Crippen LogP contribution in [0.15, 0.2) is 36.5 Å². The molecule has 2 aromatic heterocycles. The highest BCUT2D eigenvalue weighted by molar-refractivity contribution is 6.01. The molecular weight excluding hydrogens is 691 g/mol. The summed E-state index contributed by atoms with van der Waals surface area (Å²) in [5, 5.41) is 12.3. The van der Waals surface area contributed by atoms with Crippen LogP contribution in [-0.2, 0) is 15.9 Å². The molecule has 13 heteroatoms. The van der Waals surface area contributed by atoms with Crippen LogP contribution in [-0.4, -0.2) is 112 Å². The van der Waals surface area contributed by atoms with Crippen molar-refractivity contribution in [2.45, 2.75) is 102 Å². The molecule has 4 atom stereocenters. The van der Waals surface area contributed by atoms with Crippen molar-refractivity contribution in [2.75, 3.05) is 51.7 Å². The van der Waals surface area contributed by atoms with Crippen molar-refractivity contribution in [1.82, 2.24) is 24.8 Å². The lowest BCUT2D eigenvalue weighted by atomic mass is 9.95. The van der Waals surface area contributed by atoms with E-state index in [1.165, 1.54) is 0 Å². The number of pyridine rings is 1. The highest BCUT2D eigenvalue weighted by Crippen LogP contribution is 2.44. The Hall–Kier alpha value is -4.33. The lowest BCUT2D eigenvalue weighted by Crippen LogP contribution is -2.57. The third-order valence-electron chi connectivity index (χ3n) is 11.8. The van der Waals surface area contributed by atoms with Crippen LogP contribution in [0.1, 0.15) is 71.8 Å². The quantitative estimate of drug-likeness (QED) is 0.180. The fraction of sp³-hybridized carbons (Fsp3) is 0.561. The summed E-state index contributed by atoms with van der Waals surface area (Å²) in [7, 11) is 1.56. The Bertz CT molecular complexity index is 2040. The minimum Gasteiger partial charge on any atom is -0.468 e. The number of carbonyl (C=O) groups excluding carboxylic acids is 1. The molecule has 6 heterocycles. The zero-order valence-electron chi connectivity index (χ0n) is 31.9. The van der Waals surface area contributed by atoms with Crippen molar-refractivity contribution >= 4 is 33.6 Å². The molecule has 54 heavy (non-hydrogen) atoms. The molecule has 1 N–H and O–H groups in total. The van der Waals surface area contributed by atoms with Crippen molar-refractivity contribution in [3.05, 3.63) is 47.9 Å². The number of fused-ring (bicyclic) bond motifs is 5. The van der Waals surface area contributed by atoms with Gasteiger partial charge in [-0.05, 0) is 101 Å². The summed E-state index contributed by atoms with van der Waals surface area (Å²) >= 11 is 0. The number of aliphatic hydroxyl groups is 1. The topological polar surface area (TPSA) is 123 Å². The molecular formula is C41H51FN6O6. The van der Waals surface area contributed by atoms with E-state index in [1.54, 1.807) is 13.3 Å². The van der Waals surface area contributed by atoms with Crippen LogP contribution in [0.2, 0.25) is 0 Å². The second-order valence-corrected chi connectivity index (χ2v) is 16.3. The lowest BCUT2D eigenvalue weighted by molar-refractivity contribution is 0.0122. The molecule has 4 aliphatic rings. The molecule has 8 rings (SSSR count). The first-order chi connectivity index (χ1) is 26.0. The standard InChI is InChI=1S/C41H51FN6O6/c1-6-25-9-7-10-26-17-30(53-24-51-5)18-31(33(25)26)35-34(42)36-32(19-43-35)37(46-20-27-11-12-28(21-46)48(27)39(50)54-40(2,3)4)45-38(44-36)52-23-41-14-8-16-47(41)29(22-49)13-15-41/h7,9-10,17-19,27-29,49H,6,8,11-16,20-24H2,1-5H3. The number of amides is 1. The molecule has 12 nitrogen and oxygen atoms in total. The fourth-order valence-electron chi connectivity index (χ4n) is 9.38. The van der Waals surface area contributed by atoms with Gasteiger partial charge in [-0.1, -0.05) is 25.1 Å². The average molecular weight is 743 g/mol. The molecule has 4 unspecified atom stereocenters. The first-order valence-corrected chi connectivity index (χ1v) is 19.3. The van der Waals surface area contributed by atoms with Crippen LogP contribution < -0.4 is 14.4 Å². The van der Waals surface area contributed by atoms with Crippen molar-refractivity contribution in [2.24, 2.45) is 0 Å². The van der Waals surface area contributed by atoms with E-state index >= 15 is 4.39 Å². The van der Waals surface area contributed by atoms with Crippen LogP contribution in [0.25, 0.3) is 32.9 Å². The SMILES string of the molecule is CCc1cccc2cc(OCOC)cc(-c3ncc4c(N5CC6CCC(C5)N6C(=O)OC(C)(C)C)nc(OCC56CCCN5C(CO)CC6)nc4c3F)c12. The first-order valence-electron chi connectivity index (χ1n) is 19.3. The maximum absolute atomic E-state index is 17.4. The Morgan fingerprint density at radius 3 is 2.59 bits per heavy atom. The third kappa shape index (κ3) is 6.57. The number of methoxy groups -OCH3 is 1. The van der Waals surface area contributed by atoms with E-state index < -0.39 is 11.4 Å². The molecule has 1 amide bonds. The number of aryl methyl sites for hydroxylation is 1. The van der Waals surface area contributed by atoms with E-state index in [1.807, 2.05) is 56.0 Å². The van der Waals surface area contributed by atoms with Crippen LogP contribution >= 0.6 is 0 Å². The number of nitrogens with zero attached hydrogens (tertiary/aromatic N) is 6. The molecule has 2 bridgehead atoms. The van der Waals surface area contributed by atoms with Crippen LogP contribution in [0, 0.1) is 5.82 Å². The number of ether oxygens (including phenoxy) is 4. The van der Waals surface area contributed by atoms with Gasteiger partial charge in [0.1, 0.15) is 35.0 Å². The Morgan fingerprint density at radius 1 is 1.07 bits per heavy atom. The van der Waals surface area contributed by atoms with Gasteiger partial charge in [-0.15, -0.1) is 0 Å². The molecule has 0 spiro atoms. The number of aromatic nitrogens is 3. The summed E-state index contributed by atoms with van der Waals surface area (Å²) in [4.78, 5) is 34.2. The number of piperazine rings is 1. The number of carbonyl (C=O) groups is 1. The van der Waals surface area contributed by atoms with Gasteiger partial charge in [0.15, 0.2) is 12.6 Å². The lowest BCUT2D eigenvalue weighted by Gasteiger charge is -2.42. The second kappa shape index (κ2) is 14.4. The van der Waals surface area contributed by atoms with E-state index in [0.29, 0.717) is 42.2 Å². The van der Waals surface area contributed by atoms with Gasteiger partial charge in [-0.2, -0.15) is 9.97 Å². The zero-order chi connectivity index (χ0) is 37.8. The highest BCUT2D eigenvalue weighted by atomic mass is 19.1. The normalized spacial score (nSPS) is 24.1. The van der Waals surface area contributed by atoms with E-state index in [9.17, 15) is 9.90 Å². The van der Waals surface area contributed by atoms with Crippen molar-refractivity contribution in [3.8, 4) is 23.0 Å². The molecule has 0 saturated carbocycles. The molecule has 0 aliphatic carbocycles.